The Morgan fingerprint density at radius 3 is 2.38 bits per heavy atom. The van der Waals surface area contributed by atoms with Gasteiger partial charge in [0.1, 0.15) is 11.5 Å². The van der Waals surface area contributed by atoms with Crippen molar-refractivity contribution in [2.45, 2.75) is 19.4 Å². The maximum absolute atomic E-state index is 14.4. The van der Waals surface area contributed by atoms with Gasteiger partial charge in [-0.15, -0.1) is 0 Å². The number of piperazine rings is 1. The lowest BCUT2D eigenvalue weighted by Crippen LogP contribution is -2.55. The van der Waals surface area contributed by atoms with Crippen molar-refractivity contribution in [2.75, 3.05) is 26.2 Å². The fourth-order valence-corrected chi connectivity index (χ4v) is 3.48. The molecule has 3 heterocycles. The molecule has 0 radical (unpaired) electrons. The Morgan fingerprint density at radius 2 is 1.77 bits per heavy atom. The highest BCUT2D eigenvalue weighted by Crippen LogP contribution is 2.19. The number of imide groups is 1. The van der Waals surface area contributed by atoms with E-state index >= 15 is 0 Å². The number of amides is 2. The maximum atomic E-state index is 14.4. The highest BCUT2D eigenvalue weighted by molar-refractivity contribution is 6.01. The first-order valence-electron chi connectivity index (χ1n) is 8.73. The lowest BCUT2D eigenvalue weighted by molar-refractivity contribution is -0.160. The summed E-state index contributed by atoms with van der Waals surface area (Å²) in [7, 11) is 0. The van der Waals surface area contributed by atoms with Crippen LogP contribution in [0.3, 0.4) is 0 Å². The number of halogens is 1. The lowest BCUT2D eigenvalue weighted by Gasteiger charge is -2.38. The molecule has 0 N–H and O–H groups in total. The molecule has 0 saturated carbocycles. The number of nitrogens with zero attached hydrogens (tertiary/aromatic N) is 5. The number of carbonyl (C=O) groups is 2. The van der Waals surface area contributed by atoms with Gasteiger partial charge in [-0.1, -0.05) is 6.07 Å². The Balaban J connectivity index is 1.37. The molecule has 2 aliphatic heterocycles. The van der Waals surface area contributed by atoms with E-state index in [9.17, 15) is 14.0 Å². The zero-order valence-corrected chi connectivity index (χ0v) is 14.3. The topological polar surface area (TPSA) is 61.7 Å². The molecular formula is C18H20FN5O2. The van der Waals surface area contributed by atoms with Crippen LogP contribution >= 0.6 is 0 Å². The molecule has 0 unspecified atom stereocenters. The minimum absolute atomic E-state index is 0.111. The van der Waals surface area contributed by atoms with E-state index < -0.39 is 0 Å². The minimum Gasteiger partial charge on any atom is -0.296 e. The van der Waals surface area contributed by atoms with Crippen LogP contribution in [0.1, 0.15) is 18.4 Å². The fraction of sp³-hybridized carbons (Fsp3) is 0.389. The number of hydrogen-bond donors (Lipinski definition) is 0. The molecule has 0 bridgehead atoms. The summed E-state index contributed by atoms with van der Waals surface area (Å²) in [6, 6.07) is 6.93. The van der Waals surface area contributed by atoms with Gasteiger partial charge in [-0.05, 0) is 23.8 Å². The van der Waals surface area contributed by atoms with Gasteiger partial charge in [0.05, 0.1) is 0 Å². The summed E-state index contributed by atoms with van der Waals surface area (Å²) in [6.45, 7) is 3.31. The molecule has 7 nitrogen and oxygen atoms in total. The number of rotatable bonds is 4. The normalized spacial score (nSPS) is 19.5. The maximum Gasteiger partial charge on any atom is 0.244 e. The third kappa shape index (κ3) is 3.25. The van der Waals surface area contributed by atoms with Gasteiger partial charge in [-0.2, -0.15) is 5.10 Å². The fourth-order valence-electron chi connectivity index (χ4n) is 3.48. The summed E-state index contributed by atoms with van der Waals surface area (Å²) in [5.74, 6) is -0.530. The van der Waals surface area contributed by atoms with Gasteiger partial charge in [0.2, 0.25) is 11.8 Å². The molecule has 0 spiro atoms. The molecule has 0 aliphatic carbocycles. The number of aromatic nitrogens is 2. The van der Waals surface area contributed by atoms with Crippen LogP contribution in [0, 0.1) is 5.82 Å². The van der Waals surface area contributed by atoms with E-state index in [1.165, 1.54) is 15.8 Å². The van der Waals surface area contributed by atoms with E-state index in [0.29, 0.717) is 38.2 Å². The Morgan fingerprint density at radius 1 is 1.04 bits per heavy atom. The second kappa shape index (κ2) is 6.97. The van der Waals surface area contributed by atoms with Gasteiger partial charge in [-0.3, -0.25) is 14.5 Å². The van der Waals surface area contributed by atoms with E-state index in [2.05, 4.69) is 10.00 Å². The van der Waals surface area contributed by atoms with Crippen molar-refractivity contribution in [1.82, 2.24) is 24.7 Å². The lowest BCUT2D eigenvalue weighted by atomic mass is 10.1. The van der Waals surface area contributed by atoms with Crippen LogP contribution in [0.5, 0.6) is 0 Å². The van der Waals surface area contributed by atoms with E-state index in [-0.39, 0.29) is 17.6 Å². The van der Waals surface area contributed by atoms with Gasteiger partial charge in [0.15, 0.2) is 0 Å². The predicted molar refractivity (Wildman–Crippen MR) is 91.5 cm³/mol. The Labute approximate surface area is 150 Å². The van der Waals surface area contributed by atoms with Gasteiger partial charge in [0, 0.05) is 58.0 Å². The van der Waals surface area contributed by atoms with E-state index in [1.807, 2.05) is 11.1 Å². The highest BCUT2D eigenvalue weighted by atomic mass is 19.1. The number of hydrogen-bond acceptors (Lipinski definition) is 5. The van der Waals surface area contributed by atoms with E-state index in [0.717, 1.165) is 18.7 Å². The molecule has 2 fully saturated rings. The van der Waals surface area contributed by atoms with Crippen molar-refractivity contribution in [2.24, 2.45) is 0 Å². The molecule has 2 saturated heterocycles. The number of carbonyl (C=O) groups excluding carboxylic acids is 2. The zero-order valence-electron chi connectivity index (χ0n) is 14.3. The number of hydrazine groups is 1. The van der Waals surface area contributed by atoms with Gasteiger partial charge >= 0.3 is 0 Å². The molecule has 2 amide bonds. The van der Waals surface area contributed by atoms with Crippen molar-refractivity contribution in [3.63, 3.8) is 0 Å². The smallest absolute Gasteiger partial charge is 0.244 e. The van der Waals surface area contributed by atoms with Crippen LogP contribution in [0.15, 0.2) is 36.7 Å². The summed E-state index contributed by atoms with van der Waals surface area (Å²) in [6.07, 6.45) is 3.93. The molecule has 8 heteroatoms. The van der Waals surface area contributed by atoms with Crippen LogP contribution in [0.4, 0.5) is 4.39 Å². The van der Waals surface area contributed by atoms with Crippen LogP contribution in [0.25, 0.3) is 5.69 Å². The third-order valence-corrected chi connectivity index (χ3v) is 4.83. The molecular weight excluding hydrogens is 337 g/mol. The van der Waals surface area contributed by atoms with Crippen molar-refractivity contribution in [1.29, 1.82) is 0 Å². The minimum atomic E-state index is -0.307. The van der Waals surface area contributed by atoms with E-state index in [4.69, 9.17) is 0 Å². The van der Waals surface area contributed by atoms with Gasteiger partial charge in [-0.25, -0.2) is 19.1 Å². The Hall–Kier alpha value is -2.58. The first-order valence-corrected chi connectivity index (χ1v) is 8.73. The van der Waals surface area contributed by atoms with Gasteiger partial charge < -0.3 is 0 Å². The van der Waals surface area contributed by atoms with E-state index in [1.54, 1.807) is 24.5 Å². The van der Waals surface area contributed by atoms with Crippen LogP contribution < -0.4 is 0 Å². The third-order valence-electron chi connectivity index (χ3n) is 4.83. The molecule has 2 aliphatic rings. The van der Waals surface area contributed by atoms with Crippen molar-refractivity contribution >= 4 is 11.8 Å². The van der Waals surface area contributed by atoms with Gasteiger partial charge in [0.25, 0.3) is 0 Å². The zero-order chi connectivity index (χ0) is 18.1. The molecule has 136 valence electrons. The summed E-state index contributed by atoms with van der Waals surface area (Å²) >= 11 is 0. The standard InChI is InChI=1S/C18H20FN5O2/c19-15-12-14(2-3-16(15)23-7-1-6-20-23)13-21-8-10-22(11-9-21)24-17(25)4-5-18(24)26/h1-3,6-7,12H,4-5,8-11,13H2. The quantitative estimate of drug-likeness (QED) is 0.770. The second-order valence-electron chi connectivity index (χ2n) is 6.57. The molecule has 0 atom stereocenters. The van der Waals surface area contributed by atoms with Crippen LogP contribution in [-0.2, 0) is 16.1 Å². The summed E-state index contributed by atoms with van der Waals surface area (Å²) in [5, 5.41) is 7.18. The Bertz CT molecular complexity index is 799. The number of benzene rings is 1. The SMILES string of the molecule is O=C1CCC(=O)N1N1CCN(Cc2ccc(-n3cccn3)c(F)c2)CC1. The second-order valence-corrected chi connectivity index (χ2v) is 6.57. The highest BCUT2D eigenvalue weighted by Gasteiger charge is 2.35. The average Bonchev–Trinajstić information content (AvgIpc) is 3.26. The predicted octanol–water partition coefficient (Wildman–Crippen LogP) is 1.19. The first kappa shape index (κ1) is 16.9. The molecule has 4 rings (SSSR count). The summed E-state index contributed by atoms with van der Waals surface area (Å²) in [5.41, 5.74) is 1.31. The molecule has 26 heavy (non-hydrogen) atoms. The largest absolute Gasteiger partial charge is 0.296 e. The van der Waals surface area contributed by atoms with Crippen LogP contribution in [0.2, 0.25) is 0 Å². The van der Waals surface area contributed by atoms with Crippen molar-refractivity contribution < 1.29 is 14.0 Å². The average molecular weight is 357 g/mol. The van der Waals surface area contributed by atoms with Crippen molar-refractivity contribution in [3.8, 4) is 5.69 Å². The Kier molecular flexibility index (Phi) is 4.52. The summed E-state index contributed by atoms with van der Waals surface area (Å²) < 4.78 is 15.9. The summed E-state index contributed by atoms with van der Waals surface area (Å²) in [4.78, 5) is 25.8. The van der Waals surface area contributed by atoms with Crippen molar-refractivity contribution in [3.05, 3.63) is 48.0 Å². The van der Waals surface area contributed by atoms with Crippen LogP contribution in [-0.4, -0.2) is 62.7 Å². The molecule has 1 aromatic heterocycles. The first-order chi connectivity index (χ1) is 12.6. The molecule has 2 aromatic rings. The monoisotopic (exact) mass is 357 g/mol. The molecule has 1 aromatic carbocycles.